The Balaban J connectivity index is 2.16. The molecular formula is C15H14ClIO. The Hall–Kier alpha value is -0.740. The fourth-order valence-corrected chi connectivity index (χ4v) is 2.48. The van der Waals surface area contributed by atoms with E-state index in [9.17, 15) is 0 Å². The van der Waals surface area contributed by atoms with Crippen LogP contribution in [-0.2, 0) is 0 Å². The van der Waals surface area contributed by atoms with E-state index in [2.05, 4.69) is 34.7 Å². The molecule has 0 aliphatic rings. The molecule has 0 radical (unpaired) electrons. The van der Waals surface area contributed by atoms with Crippen LogP contribution in [0.15, 0.2) is 54.6 Å². The van der Waals surface area contributed by atoms with Crippen LogP contribution in [0.25, 0.3) is 0 Å². The van der Waals surface area contributed by atoms with Crippen LogP contribution in [0.3, 0.4) is 0 Å². The highest BCUT2D eigenvalue weighted by molar-refractivity contribution is 14.1. The molecule has 0 heterocycles. The van der Waals surface area contributed by atoms with Crippen molar-refractivity contribution in [3.8, 4) is 5.75 Å². The summed E-state index contributed by atoms with van der Waals surface area (Å²) in [6.45, 7) is 0. The van der Waals surface area contributed by atoms with Crippen LogP contribution in [0.4, 0.5) is 0 Å². The van der Waals surface area contributed by atoms with Gasteiger partial charge in [0, 0.05) is 15.9 Å². The van der Waals surface area contributed by atoms with Gasteiger partial charge >= 0.3 is 0 Å². The summed E-state index contributed by atoms with van der Waals surface area (Å²) in [5.74, 6) is 1.48. The van der Waals surface area contributed by atoms with Crippen molar-refractivity contribution in [3.63, 3.8) is 0 Å². The van der Waals surface area contributed by atoms with Crippen molar-refractivity contribution in [2.45, 2.75) is 12.5 Å². The summed E-state index contributed by atoms with van der Waals surface area (Å²) in [6, 6.07) is 18.3. The summed E-state index contributed by atoms with van der Waals surface area (Å²) in [4.78, 5) is 0. The first-order valence-corrected chi connectivity index (χ1v) is 7.44. The molecule has 1 nitrogen and oxygen atoms in total. The van der Waals surface area contributed by atoms with Crippen molar-refractivity contribution in [1.29, 1.82) is 0 Å². The quantitative estimate of drug-likeness (QED) is 0.528. The lowest BCUT2D eigenvalue weighted by atomic mass is 10.1. The predicted molar refractivity (Wildman–Crippen MR) is 84.3 cm³/mol. The van der Waals surface area contributed by atoms with Crippen molar-refractivity contribution in [2.75, 3.05) is 5.88 Å². The summed E-state index contributed by atoms with van der Waals surface area (Å²) >= 11 is 8.14. The molecular weight excluding hydrogens is 359 g/mol. The third kappa shape index (κ3) is 3.89. The lowest BCUT2D eigenvalue weighted by molar-refractivity contribution is 0.202. The molecule has 18 heavy (non-hydrogen) atoms. The average molecular weight is 373 g/mol. The second-order valence-electron chi connectivity index (χ2n) is 3.95. The zero-order valence-corrected chi connectivity index (χ0v) is 12.8. The highest BCUT2D eigenvalue weighted by Gasteiger charge is 2.12. The van der Waals surface area contributed by atoms with Crippen LogP contribution in [0.2, 0.25) is 0 Å². The van der Waals surface area contributed by atoms with Gasteiger partial charge in [-0.15, -0.1) is 11.6 Å². The van der Waals surface area contributed by atoms with E-state index >= 15 is 0 Å². The Morgan fingerprint density at radius 1 is 1.06 bits per heavy atom. The first-order valence-electron chi connectivity index (χ1n) is 5.83. The van der Waals surface area contributed by atoms with Gasteiger partial charge in [-0.25, -0.2) is 0 Å². The van der Waals surface area contributed by atoms with Crippen LogP contribution in [0.5, 0.6) is 5.75 Å². The minimum absolute atomic E-state index is 0.0156. The molecule has 0 aliphatic heterocycles. The van der Waals surface area contributed by atoms with Gasteiger partial charge in [-0.1, -0.05) is 36.4 Å². The molecule has 0 fully saturated rings. The molecule has 0 saturated carbocycles. The lowest BCUT2D eigenvalue weighted by Crippen LogP contribution is -2.08. The van der Waals surface area contributed by atoms with Gasteiger partial charge in [0.2, 0.25) is 0 Å². The number of hydrogen-bond donors (Lipinski definition) is 0. The number of benzene rings is 2. The molecule has 2 aromatic carbocycles. The van der Waals surface area contributed by atoms with Gasteiger partial charge in [0.25, 0.3) is 0 Å². The zero-order chi connectivity index (χ0) is 12.8. The van der Waals surface area contributed by atoms with Gasteiger partial charge < -0.3 is 4.74 Å². The highest BCUT2D eigenvalue weighted by atomic mass is 127. The van der Waals surface area contributed by atoms with Gasteiger partial charge in [-0.3, -0.25) is 0 Å². The molecule has 0 aromatic heterocycles. The predicted octanol–water partition coefficient (Wildman–Crippen LogP) is 5.04. The van der Waals surface area contributed by atoms with E-state index in [4.69, 9.17) is 16.3 Å². The summed E-state index contributed by atoms with van der Waals surface area (Å²) < 4.78 is 7.20. The maximum absolute atomic E-state index is 6.03. The Kier molecular flexibility index (Phi) is 5.32. The number of hydrogen-bond acceptors (Lipinski definition) is 1. The smallest absolute Gasteiger partial charge is 0.125 e. The van der Waals surface area contributed by atoms with E-state index in [1.54, 1.807) is 0 Å². The SMILES string of the molecule is ClCC[C@@H](Oc1cccc(I)c1)c1ccccc1. The summed E-state index contributed by atoms with van der Waals surface area (Å²) in [6.07, 6.45) is 0.818. The van der Waals surface area contributed by atoms with E-state index in [1.807, 2.05) is 42.5 Å². The summed E-state index contributed by atoms with van der Waals surface area (Å²) in [5, 5.41) is 0. The van der Waals surface area contributed by atoms with Gasteiger partial charge in [0.1, 0.15) is 11.9 Å². The van der Waals surface area contributed by atoms with E-state index in [-0.39, 0.29) is 6.10 Å². The summed E-state index contributed by atoms with van der Waals surface area (Å²) in [5.41, 5.74) is 1.16. The second-order valence-corrected chi connectivity index (χ2v) is 5.58. The van der Waals surface area contributed by atoms with Crippen LogP contribution in [0.1, 0.15) is 18.1 Å². The third-order valence-corrected chi connectivity index (χ3v) is 3.51. The molecule has 2 aromatic rings. The molecule has 2 rings (SSSR count). The molecule has 0 unspecified atom stereocenters. The molecule has 0 spiro atoms. The van der Waals surface area contributed by atoms with E-state index < -0.39 is 0 Å². The first kappa shape index (κ1) is 13.7. The largest absolute Gasteiger partial charge is 0.486 e. The summed E-state index contributed by atoms with van der Waals surface area (Å²) in [7, 11) is 0. The van der Waals surface area contributed by atoms with Crippen LogP contribution in [-0.4, -0.2) is 5.88 Å². The molecule has 0 bridgehead atoms. The second kappa shape index (κ2) is 7.00. The fourth-order valence-electron chi connectivity index (χ4n) is 1.76. The highest BCUT2D eigenvalue weighted by Crippen LogP contribution is 2.26. The van der Waals surface area contributed by atoms with Gasteiger partial charge in [-0.2, -0.15) is 0 Å². The Labute approximate surface area is 126 Å². The molecule has 0 aliphatic carbocycles. The van der Waals surface area contributed by atoms with E-state index in [1.165, 1.54) is 3.57 Å². The maximum atomic E-state index is 6.03. The topological polar surface area (TPSA) is 9.23 Å². The molecule has 0 N–H and O–H groups in total. The van der Waals surface area contributed by atoms with Crippen LogP contribution in [0, 0.1) is 3.57 Å². The Morgan fingerprint density at radius 3 is 2.50 bits per heavy atom. The molecule has 1 atom stereocenters. The van der Waals surface area contributed by atoms with E-state index in [0.717, 1.165) is 17.7 Å². The van der Waals surface area contributed by atoms with Crippen molar-refractivity contribution < 1.29 is 4.74 Å². The van der Waals surface area contributed by atoms with Gasteiger partial charge in [0.15, 0.2) is 0 Å². The van der Waals surface area contributed by atoms with Crippen molar-refractivity contribution in [2.24, 2.45) is 0 Å². The molecule has 0 saturated heterocycles. The number of rotatable bonds is 5. The standard InChI is InChI=1S/C15H14ClIO/c16-10-9-15(12-5-2-1-3-6-12)18-14-8-4-7-13(17)11-14/h1-8,11,15H,9-10H2/t15-/m1/s1. The maximum Gasteiger partial charge on any atom is 0.125 e. The minimum Gasteiger partial charge on any atom is -0.486 e. The third-order valence-electron chi connectivity index (χ3n) is 2.62. The number of halogens is 2. The van der Waals surface area contributed by atoms with Crippen molar-refractivity contribution >= 4 is 34.2 Å². The van der Waals surface area contributed by atoms with Gasteiger partial charge in [0.05, 0.1) is 0 Å². The molecule has 3 heteroatoms. The fraction of sp³-hybridized carbons (Fsp3) is 0.200. The van der Waals surface area contributed by atoms with Crippen LogP contribution >= 0.6 is 34.2 Å². The van der Waals surface area contributed by atoms with Crippen molar-refractivity contribution in [1.82, 2.24) is 0 Å². The normalized spacial score (nSPS) is 12.1. The number of ether oxygens (including phenoxy) is 1. The van der Waals surface area contributed by atoms with Gasteiger partial charge in [-0.05, 0) is 46.4 Å². The zero-order valence-electron chi connectivity index (χ0n) is 9.85. The van der Waals surface area contributed by atoms with Crippen molar-refractivity contribution in [3.05, 3.63) is 63.7 Å². The first-order chi connectivity index (χ1) is 8.79. The monoisotopic (exact) mass is 372 g/mol. The molecule has 0 amide bonds. The minimum atomic E-state index is 0.0156. The molecule has 94 valence electrons. The Morgan fingerprint density at radius 2 is 1.83 bits per heavy atom. The average Bonchev–Trinajstić information content (AvgIpc) is 2.39. The lowest BCUT2D eigenvalue weighted by Gasteiger charge is -2.18. The Bertz CT molecular complexity index is 487. The number of alkyl halides is 1. The van der Waals surface area contributed by atoms with E-state index in [0.29, 0.717) is 5.88 Å². The van der Waals surface area contributed by atoms with Crippen LogP contribution < -0.4 is 4.74 Å².